The monoisotopic (exact) mass is 384 g/mol. The molecule has 2 aromatic rings. The number of nitrogens with zero attached hydrogens (tertiary/aromatic N) is 1. The molecule has 1 atom stereocenters. The van der Waals surface area contributed by atoms with Gasteiger partial charge in [0.15, 0.2) is 17.3 Å². The molecule has 0 amide bonds. The van der Waals surface area contributed by atoms with Crippen molar-refractivity contribution in [3.63, 3.8) is 0 Å². The highest BCUT2D eigenvalue weighted by atomic mass is 16.5. The van der Waals surface area contributed by atoms with E-state index in [1.54, 1.807) is 0 Å². The molecule has 0 radical (unpaired) electrons. The molecule has 4 rings (SSSR count). The first-order valence-corrected chi connectivity index (χ1v) is 9.70. The number of likely N-dealkylation sites (tertiary alicyclic amines) is 1. The van der Waals surface area contributed by atoms with E-state index < -0.39 is 24.0 Å². The van der Waals surface area contributed by atoms with E-state index in [2.05, 4.69) is 17.0 Å². The first-order chi connectivity index (χ1) is 15.7. The predicted octanol–water partition coefficient (Wildman–Crippen LogP) is 4.36. The lowest BCUT2D eigenvalue weighted by Crippen LogP contribution is -2.34. The van der Waals surface area contributed by atoms with E-state index in [1.165, 1.54) is 19.8 Å². The smallest absolute Gasteiger partial charge is 0.166 e. The van der Waals surface area contributed by atoms with Crippen LogP contribution in [0.4, 0.5) is 0 Å². The molecule has 1 aliphatic heterocycles. The second-order valence-electron chi connectivity index (χ2n) is 7.33. The second-order valence-corrected chi connectivity index (χ2v) is 7.33. The quantitative estimate of drug-likeness (QED) is 0.742. The van der Waals surface area contributed by atoms with Crippen molar-refractivity contribution in [2.24, 2.45) is 11.8 Å². The van der Waals surface area contributed by atoms with Crippen LogP contribution >= 0.6 is 0 Å². The van der Waals surface area contributed by atoms with Gasteiger partial charge in [-0.15, -0.1) is 0 Å². The van der Waals surface area contributed by atoms with Crippen LogP contribution in [0.25, 0.3) is 0 Å². The fourth-order valence-corrected chi connectivity index (χ4v) is 3.96. The van der Waals surface area contributed by atoms with Gasteiger partial charge in [-0.05, 0) is 67.9 Å². The van der Waals surface area contributed by atoms with Crippen molar-refractivity contribution in [3.05, 3.63) is 59.1 Å². The zero-order chi connectivity index (χ0) is 24.0. The third-order valence-corrected chi connectivity index (χ3v) is 5.49. The highest BCUT2D eigenvalue weighted by Crippen LogP contribution is 2.39. The van der Waals surface area contributed by atoms with E-state index in [0.29, 0.717) is 25.9 Å². The number of methoxy groups -OCH3 is 2. The number of carbonyl (C=O) groups is 1. The number of fused-ring (bicyclic) bond motifs is 1. The van der Waals surface area contributed by atoms with E-state index in [-0.39, 0.29) is 41.1 Å². The van der Waals surface area contributed by atoms with Crippen molar-refractivity contribution in [2.45, 2.75) is 32.2 Å². The summed E-state index contributed by atoms with van der Waals surface area (Å²) in [6.45, 7) is 2.16. The summed E-state index contributed by atoms with van der Waals surface area (Å²) in [4.78, 5) is 15.7. The molecule has 148 valence electrons. The van der Waals surface area contributed by atoms with E-state index in [1.807, 2.05) is 18.2 Å². The highest BCUT2D eigenvalue weighted by Gasteiger charge is 2.34. The fourth-order valence-electron chi connectivity index (χ4n) is 3.96. The third-order valence-electron chi connectivity index (χ3n) is 5.49. The van der Waals surface area contributed by atoms with Gasteiger partial charge in [-0.1, -0.05) is 30.3 Å². The van der Waals surface area contributed by atoms with Gasteiger partial charge in [-0.2, -0.15) is 0 Å². The molecule has 1 heterocycles. The minimum atomic E-state index is -2.11. The SMILES string of the molecule is [2H]c1c2c(c([2H])c(OC)c1OC)C(=O)C([2H])(C([2H])([2H])C1CCN(Cc3ccccc3)CC1)C2. The van der Waals surface area contributed by atoms with E-state index in [4.69, 9.17) is 16.3 Å². The molecule has 0 saturated carbocycles. The van der Waals surface area contributed by atoms with E-state index >= 15 is 0 Å². The molecule has 4 nitrogen and oxygen atoms in total. The molecule has 28 heavy (non-hydrogen) atoms. The summed E-state index contributed by atoms with van der Waals surface area (Å²) in [5.74, 6) is -3.30. The topological polar surface area (TPSA) is 38.8 Å². The second kappa shape index (κ2) is 8.36. The Hall–Kier alpha value is -2.33. The van der Waals surface area contributed by atoms with Crippen molar-refractivity contribution in [2.75, 3.05) is 27.3 Å². The number of carbonyl (C=O) groups excluding carboxylic acids is 1. The zero-order valence-electron chi connectivity index (χ0n) is 21.4. The molecule has 0 bridgehead atoms. The average Bonchev–Trinajstić information content (AvgIpc) is 3.10. The maximum Gasteiger partial charge on any atom is 0.166 e. The van der Waals surface area contributed by atoms with Gasteiger partial charge in [0.25, 0.3) is 0 Å². The van der Waals surface area contributed by atoms with Gasteiger partial charge < -0.3 is 9.47 Å². The van der Waals surface area contributed by atoms with Gasteiger partial charge in [-0.25, -0.2) is 0 Å². The molecule has 0 spiro atoms. The summed E-state index contributed by atoms with van der Waals surface area (Å²) in [5.41, 5.74) is 1.31. The van der Waals surface area contributed by atoms with Gasteiger partial charge >= 0.3 is 0 Å². The van der Waals surface area contributed by atoms with Gasteiger partial charge in [0.2, 0.25) is 0 Å². The third kappa shape index (κ3) is 3.93. The number of hydrogen-bond donors (Lipinski definition) is 0. The lowest BCUT2D eigenvalue weighted by atomic mass is 9.85. The minimum absolute atomic E-state index is 0.0337. The summed E-state index contributed by atoms with van der Waals surface area (Å²) in [6.07, 6.45) is -1.28. The standard InChI is InChI=1S/C24H29NO3/c1-27-22-14-19-13-20(24(26)21(19)15-23(22)28-2)12-17-8-10-25(11-9-17)16-18-6-4-3-5-7-18/h3-7,14-15,17,20H,8-13,16H2,1-2H3/i12D2,14D,15D,20D. The first-order valence-electron chi connectivity index (χ1n) is 12.2. The largest absolute Gasteiger partial charge is 0.493 e. The molecule has 1 aliphatic carbocycles. The molecular weight excluding hydrogens is 350 g/mol. The summed E-state index contributed by atoms with van der Waals surface area (Å²) in [5, 5.41) is 0. The molecular formula is C24H29NO3. The maximum atomic E-state index is 13.4. The van der Waals surface area contributed by atoms with Crippen LogP contribution in [0.5, 0.6) is 11.5 Å². The Balaban J connectivity index is 1.57. The lowest BCUT2D eigenvalue weighted by Gasteiger charge is -2.32. The summed E-state index contributed by atoms with van der Waals surface area (Å²) in [6, 6.07) is 9.75. The summed E-state index contributed by atoms with van der Waals surface area (Å²) < 4.78 is 54.1. The number of hydrogen-bond acceptors (Lipinski definition) is 4. The number of ether oxygens (including phenoxy) is 2. The van der Waals surface area contributed by atoms with Gasteiger partial charge in [0, 0.05) is 22.1 Å². The molecule has 0 aromatic heterocycles. The van der Waals surface area contributed by atoms with Crippen LogP contribution in [-0.4, -0.2) is 38.0 Å². The van der Waals surface area contributed by atoms with Crippen LogP contribution in [0.1, 0.15) is 47.6 Å². The molecule has 4 heteroatoms. The first kappa shape index (κ1) is 13.8. The summed E-state index contributed by atoms with van der Waals surface area (Å²) in [7, 11) is 2.69. The number of ketones is 1. The number of piperidine rings is 1. The number of benzene rings is 2. The lowest BCUT2D eigenvalue weighted by molar-refractivity contribution is 0.0895. The normalized spacial score (nSPS) is 25.9. The Bertz CT molecular complexity index is 1050. The zero-order valence-corrected chi connectivity index (χ0v) is 16.4. The Morgan fingerprint density at radius 1 is 1.14 bits per heavy atom. The van der Waals surface area contributed by atoms with Crippen LogP contribution in [-0.2, 0) is 13.0 Å². The Labute approximate surface area is 174 Å². The van der Waals surface area contributed by atoms with Crippen molar-refractivity contribution in [3.8, 4) is 11.5 Å². The Morgan fingerprint density at radius 2 is 1.82 bits per heavy atom. The van der Waals surface area contributed by atoms with E-state index in [9.17, 15) is 4.79 Å². The minimum Gasteiger partial charge on any atom is -0.493 e. The van der Waals surface area contributed by atoms with Gasteiger partial charge in [0.05, 0.1) is 17.0 Å². The van der Waals surface area contributed by atoms with Gasteiger partial charge in [0.1, 0.15) is 0 Å². The molecule has 1 fully saturated rings. The maximum absolute atomic E-state index is 13.4. The van der Waals surface area contributed by atoms with Gasteiger partial charge in [-0.3, -0.25) is 9.69 Å². The Morgan fingerprint density at radius 3 is 2.50 bits per heavy atom. The molecule has 0 N–H and O–H groups in total. The van der Waals surface area contributed by atoms with Crippen molar-refractivity contribution >= 4 is 5.78 Å². The van der Waals surface area contributed by atoms with E-state index in [0.717, 1.165) is 6.54 Å². The Kier molecular flexibility index (Phi) is 4.11. The van der Waals surface area contributed by atoms with Crippen LogP contribution in [0.2, 0.25) is 0 Å². The molecule has 1 saturated heterocycles. The number of Topliss-reactive ketones (excluding diaryl/α,β-unsaturated/α-hetero) is 1. The van der Waals surface area contributed by atoms with Crippen LogP contribution in [0, 0.1) is 11.8 Å². The highest BCUT2D eigenvalue weighted by molar-refractivity contribution is 6.02. The fraction of sp³-hybridized carbons (Fsp3) is 0.458. The summed E-state index contributed by atoms with van der Waals surface area (Å²) >= 11 is 0. The molecule has 2 aliphatic rings. The van der Waals surface area contributed by atoms with Crippen LogP contribution in [0.3, 0.4) is 0 Å². The van der Waals surface area contributed by atoms with Crippen molar-refractivity contribution < 1.29 is 21.1 Å². The molecule has 2 aromatic carbocycles. The van der Waals surface area contributed by atoms with Crippen molar-refractivity contribution in [1.82, 2.24) is 4.90 Å². The van der Waals surface area contributed by atoms with Crippen molar-refractivity contribution in [1.29, 1.82) is 0 Å². The predicted molar refractivity (Wildman–Crippen MR) is 110 cm³/mol. The van der Waals surface area contributed by atoms with Crippen LogP contribution < -0.4 is 9.47 Å². The van der Waals surface area contributed by atoms with Crippen LogP contribution in [0.15, 0.2) is 42.4 Å². The number of rotatable bonds is 6. The average molecular weight is 385 g/mol. The molecule has 1 unspecified atom stereocenters.